The first-order valence-corrected chi connectivity index (χ1v) is 15.8. The van der Waals surface area contributed by atoms with Gasteiger partial charge in [0.25, 0.3) is 0 Å². The number of furan rings is 1. The molecule has 0 saturated heterocycles. The van der Waals surface area contributed by atoms with E-state index in [1.165, 1.54) is 54.9 Å². The van der Waals surface area contributed by atoms with Crippen molar-refractivity contribution in [2.45, 2.75) is 6.92 Å². The van der Waals surface area contributed by atoms with E-state index in [2.05, 4.69) is 126 Å². The number of aromatic nitrogens is 1. The molecule has 2 heterocycles. The van der Waals surface area contributed by atoms with Crippen molar-refractivity contribution in [2.24, 2.45) is 0 Å². The number of benzene rings is 7. The molecule has 0 unspecified atom stereocenters. The number of anilines is 1. The molecule has 0 fully saturated rings. The molecule has 3 nitrogen and oxygen atoms in total. The Labute approximate surface area is 265 Å². The van der Waals surface area contributed by atoms with E-state index < -0.39 is 0 Å². The second-order valence-corrected chi connectivity index (χ2v) is 12.3. The van der Waals surface area contributed by atoms with Crippen LogP contribution in [0.3, 0.4) is 0 Å². The predicted molar refractivity (Wildman–Crippen MR) is 195 cm³/mol. The van der Waals surface area contributed by atoms with Crippen LogP contribution in [0.1, 0.15) is 12.5 Å². The van der Waals surface area contributed by atoms with Crippen molar-refractivity contribution >= 4 is 66.3 Å². The Morgan fingerprint density at radius 1 is 0.565 bits per heavy atom. The summed E-state index contributed by atoms with van der Waals surface area (Å²) < 4.78 is 8.30. The number of fused-ring (bicyclic) bond motifs is 8. The molecule has 0 spiro atoms. The van der Waals surface area contributed by atoms with Crippen molar-refractivity contribution in [3.8, 4) is 39.1 Å². The maximum Gasteiger partial charge on any atom is 0.135 e. The maximum atomic E-state index is 6.80. The minimum atomic E-state index is 0.756. The topological polar surface area (TPSA) is 44.1 Å². The number of para-hydroxylation sites is 2. The van der Waals surface area contributed by atoms with E-state index in [9.17, 15) is 0 Å². The SMILES string of the molecule is C/C=C\c1c(N)n(-c2ccc3cc4c(cc3c2)-c2ccc(-c3ccc5oc6ccccc6c5c3)c3cccc-4c23)c2ccccc12. The predicted octanol–water partition coefficient (Wildman–Crippen LogP) is 11.8. The van der Waals surface area contributed by atoms with Gasteiger partial charge < -0.3 is 10.2 Å². The lowest BCUT2D eigenvalue weighted by Gasteiger charge is -2.11. The molecule has 0 saturated carbocycles. The number of hydrogen-bond donors (Lipinski definition) is 1. The van der Waals surface area contributed by atoms with Crippen molar-refractivity contribution in [3.05, 3.63) is 139 Å². The number of nitrogen functional groups attached to an aromatic ring is 1. The molecular weight excluding hydrogens is 560 g/mol. The molecule has 3 heteroatoms. The fraction of sp³-hybridized carbons (Fsp3) is 0.0233. The molecule has 2 N–H and O–H groups in total. The van der Waals surface area contributed by atoms with E-state index in [4.69, 9.17) is 10.2 Å². The largest absolute Gasteiger partial charge is 0.456 e. The van der Waals surface area contributed by atoms with Gasteiger partial charge in [0.2, 0.25) is 0 Å². The summed E-state index contributed by atoms with van der Waals surface area (Å²) in [6.45, 7) is 2.03. The first-order chi connectivity index (χ1) is 22.7. The van der Waals surface area contributed by atoms with E-state index >= 15 is 0 Å². The van der Waals surface area contributed by atoms with Crippen molar-refractivity contribution in [2.75, 3.05) is 5.73 Å². The molecule has 216 valence electrons. The molecule has 7 aromatic carbocycles. The Balaban J connectivity index is 1.15. The van der Waals surface area contributed by atoms with Crippen molar-refractivity contribution in [1.29, 1.82) is 0 Å². The third-order valence-corrected chi connectivity index (χ3v) is 9.81. The van der Waals surface area contributed by atoms with Gasteiger partial charge >= 0.3 is 0 Å². The van der Waals surface area contributed by atoms with E-state index in [1.807, 2.05) is 25.1 Å². The molecule has 0 bridgehead atoms. The Morgan fingerprint density at radius 3 is 2.20 bits per heavy atom. The Hall–Kier alpha value is -6.06. The van der Waals surface area contributed by atoms with E-state index in [-0.39, 0.29) is 0 Å². The van der Waals surface area contributed by atoms with Crippen LogP contribution in [0.4, 0.5) is 5.82 Å². The van der Waals surface area contributed by atoms with Crippen molar-refractivity contribution < 1.29 is 4.42 Å². The normalized spacial score (nSPS) is 12.5. The lowest BCUT2D eigenvalue weighted by molar-refractivity contribution is 0.669. The van der Waals surface area contributed by atoms with Gasteiger partial charge in [-0.1, -0.05) is 91.0 Å². The molecule has 10 rings (SSSR count). The average molecular weight is 589 g/mol. The highest BCUT2D eigenvalue weighted by Crippen LogP contribution is 2.51. The van der Waals surface area contributed by atoms with Crippen molar-refractivity contribution in [1.82, 2.24) is 4.57 Å². The van der Waals surface area contributed by atoms with E-state index in [0.29, 0.717) is 0 Å². The summed E-state index contributed by atoms with van der Waals surface area (Å²) in [7, 11) is 0. The number of nitrogens with zero attached hydrogens (tertiary/aromatic N) is 1. The summed E-state index contributed by atoms with van der Waals surface area (Å²) in [5.41, 5.74) is 19.4. The number of allylic oxidation sites excluding steroid dienone is 1. The molecule has 0 radical (unpaired) electrons. The number of nitrogens with two attached hydrogens (primary N) is 1. The molecule has 1 aliphatic rings. The molecule has 0 amide bonds. The Kier molecular flexibility index (Phi) is 5.07. The van der Waals surface area contributed by atoms with Crippen LogP contribution >= 0.6 is 0 Å². The number of hydrogen-bond acceptors (Lipinski definition) is 2. The summed E-state index contributed by atoms with van der Waals surface area (Å²) in [6.07, 6.45) is 4.15. The molecular formula is C43H28N2O. The van der Waals surface area contributed by atoms with Crippen LogP contribution in [-0.2, 0) is 0 Å². The van der Waals surface area contributed by atoms with Gasteiger partial charge in [-0.3, -0.25) is 4.57 Å². The van der Waals surface area contributed by atoms with Crippen LogP contribution in [0, 0.1) is 0 Å². The fourth-order valence-corrected chi connectivity index (χ4v) is 7.78. The highest BCUT2D eigenvalue weighted by atomic mass is 16.3. The summed E-state index contributed by atoms with van der Waals surface area (Å²) in [6, 6.07) is 46.0. The third kappa shape index (κ3) is 3.37. The van der Waals surface area contributed by atoms with Crippen molar-refractivity contribution in [3.63, 3.8) is 0 Å². The van der Waals surface area contributed by atoms with Crippen LogP contribution in [0.25, 0.3) is 99.5 Å². The van der Waals surface area contributed by atoms with Gasteiger partial charge in [-0.25, -0.2) is 0 Å². The first-order valence-electron chi connectivity index (χ1n) is 15.8. The molecule has 9 aromatic rings. The molecule has 2 aromatic heterocycles. The summed E-state index contributed by atoms with van der Waals surface area (Å²) in [5, 5.41) is 8.46. The van der Waals surface area contributed by atoms with Gasteiger partial charge in [0, 0.05) is 27.4 Å². The average Bonchev–Trinajstić information content (AvgIpc) is 3.72. The highest BCUT2D eigenvalue weighted by Gasteiger charge is 2.24. The minimum Gasteiger partial charge on any atom is -0.456 e. The standard InChI is InChI=1S/C43H28N2O/c1-2-8-35-30-9-3-5-13-39(30)45(43(35)44)28-17-15-25-22-36-33-12-7-11-32-29(18-19-34(42(32)33)37(36)24-27(25)21-28)26-16-20-41-38(23-26)31-10-4-6-14-40(31)46-41/h2-24H,44H2,1H3/b8-2-. The second-order valence-electron chi connectivity index (χ2n) is 12.3. The lowest BCUT2D eigenvalue weighted by atomic mass is 9.93. The fourth-order valence-electron chi connectivity index (χ4n) is 7.78. The zero-order valence-electron chi connectivity index (χ0n) is 25.2. The van der Waals surface area contributed by atoms with E-state index in [1.54, 1.807) is 0 Å². The second kappa shape index (κ2) is 9.23. The van der Waals surface area contributed by atoms with Crippen LogP contribution < -0.4 is 5.73 Å². The van der Waals surface area contributed by atoms with Gasteiger partial charge in [0.1, 0.15) is 17.0 Å². The van der Waals surface area contributed by atoms with E-state index in [0.717, 1.165) is 49.9 Å². The maximum absolute atomic E-state index is 6.80. The zero-order valence-corrected chi connectivity index (χ0v) is 25.2. The molecule has 1 aliphatic carbocycles. The van der Waals surface area contributed by atoms with Crippen LogP contribution in [-0.4, -0.2) is 4.57 Å². The zero-order chi connectivity index (χ0) is 30.5. The lowest BCUT2D eigenvalue weighted by Crippen LogP contribution is -2.00. The molecule has 0 aliphatic heterocycles. The van der Waals surface area contributed by atoms with Crippen LogP contribution in [0.15, 0.2) is 138 Å². The third-order valence-electron chi connectivity index (χ3n) is 9.81. The van der Waals surface area contributed by atoms with Gasteiger partial charge in [-0.05, 0) is 110 Å². The Morgan fingerprint density at radius 2 is 1.30 bits per heavy atom. The van der Waals surface area contributed by atoms with Gasteiger partial charge in [-0.2, -0.15) is 0 Å². The molecule has 0 atom stereocenters. The highest BCUT2D eigenvalue weighted by molar-refractivity contribution is 6.20. The first kappa shape index (κ1) is 25.3. The van der Waals surface area contributed by atoms with Crippen LogP contribution in [0.5, 0.6) is 0 Å². The number of rotatable bonds is 3. The monoisotopic (exact) mass is 588 g/mol. The van der Waals surface area contributed by atoms with Crippen LogP contribution in [0.2, 0.25) is 0 Å². The minimum absolute atomic E-state index is 0.756. The summed E-state index contributed by atoms with van der Waals surface area (Å²) in [4.78, 5) is 0. The summed E-state index contributed by atoms with van der Waals surface area (Å²) >= 11 is 0. The summed E-state index contributed by atoms with van der Waals surface area (Å²) in [5.74, 6) is 0.756. The smallest absolute Gasteiger partial charge is 0.135 e. The Bertz CT molecular complexity index is 2770. The molecule has 46 heavy (non-hydrogen) atoms. The van der Waals surface area contributed by atoms with Gasteiger partial charge in [0.05, 0.1) is 5.52 Å². The quantitative estimate of drug-likeness (QED) is 0.223. The van der Waals surface area contributed by atoms with Gasteiger partial charge in [0.15, 0.2) is 0 Å². The van der Waals surface area contributed by atoms with Gasteiger partial charge in [-0.15, -0.1) is 0 Å².